The van der Waals surface area contributed by atoms with Gasteiger partial charge in [0.25, 0.3) is 0 Å². The second-order valence-electron chi connectivity index (χ2n) is 11.7. The Balaban J connectivity index is 1.48. The van der Waals surface area contributed by atoms with Crippen LogP contribution in [0.15, 0.2) is 114 Å². The molecule has 4 heterocycles. The van der Waals surface area contributed by atoms with Crippen LogP contribution >= 0.6 is 0 Å². The molecule has 2 aliphatic rings. The van der Waals surface area contributed by atoms with E-state index >= 15 is 0 Å². The third-order valence-corrected chi connectivity index (χ3v) is 10.1. The number of pyridine rings is 1. The number of hydrogen-bond acceptors (Lipinski definition) is 4. The Morgan fingerprint density at radius 1 is 0.690 bits per heavy atom. The van der Waals surface area contributed by atoms with Crippen LogP contribution in [-0.2, 0) is 5.41 Å². The van der Waals surface area contributed by atoms with E-state index in [9.17, 15) is 0 Å². The summed E-state index contributed by atoms with van der Waals surface area (Å²) in [5.41, 5.74) is 9.39. The molecule has 208 valence electrons. The van der Waals surface area contributed by atoms with Gasteiger partial charge >= 0.3 is 0 Å². The maximum absolute atomic E-state index is 6.42. The molecule has 0 bridgehead atoms. The zero-order valence-corrected chi connectivity index (χ0v) is 24.4. The summed E-state index contributed by atoms with van der Waals surface area (Å²) in [7, 11) is 0. The summed E-state index contributed by atoms with van der Waals surface area (Å²) in [6.07, 6.45) is 5.29. The normalized spacial score (nSPS) is 18.7. The smallest absolute Gasteiger partial charge is 0.158 e. The van der Waals surface area contributed by atoms with Crippen LogP contribution in [0.3, 0.4) is 0 Å². The Labute approximate surface area is 247 Å². The average Bonchev–Trinajstić information content (AvgIpc) is 3.60. The molecule has 8 rings (SSSR count). The minimum absolute atomic E-state index is 0.0617. The molecule has 0 N–H and O–H groups in total. The SMILES string of the molecule is CCC1C2N(c3ccccc3C1(CC)CC)c1cccnc1N2c1ccc2oc3ccccc3c2c1-c1ccccc1. The van der Waals surface area contributed by atoms with Crippen molar-refractivity contribution in [3.05, 3.63) is 115 Å². The highest BCUT2D eigenvalue weighted by Gasteiger charge is 2.55. The Kier molecular flexibility index (Phi) is 5.68. The maximum Gasteiger partial charge on any atom is 0.158 e. The van der Waals surface area contributed by atoms with Gasteiger partial charge in [-0.15, -0.1) is 0 Å². The third-order valence-electron chi connectivity index (χ3n) is 10.1. The minimum Gasteiger partial charge on any atom is -0.456 e. The van der Waals surface area contributed by atoms with Crippen LogP contribution in [0.4, 0.5) is 22.9 Å². The quantitative estimate of drug-likeness (QED) is 0.214. The first-order valence-corrected chi connectivity index (χ1v) is 15.3. The van der Waals surface area contributed by atoms with Gasteiger partial charge in [0.05, 0.1) is 11.4 Å². The van der Waals surface area contributed by atoms with Gasteiger partial charge in [0, 0.05) is 39.6 Å². The molecule has 6 aromatic rings. The predicted molar refractivity (Wildman–Crippen MR) is 174 cm³/mol. The average molecular weight is 550 g/mol. The number of fused-ring (bicyclic) bond motifs is 8. The van der Waals surface area contributed by atoms with Crippen LogP contribution in [0.1, 0.15) is 45.6 Å². The van der Waals surface area contributed by atoms with E-state index in [4.69, 9.17) is 9.40 Å². The Morgan fingerprint density at radius 2 is 1.43 bits per heavy atom. The van der Waals surface area contributed by atoms with Crippen LogP contribution in [0.2, 0.25) is 0 Å². The monoisotopic (exact) mass is 549 g/mol. The van der Waals surface area contributed by atoms with E-state index in [1.54, 1.807) is 0 Å². The Morgan fingerprint density at radius 3 is 2.24 bits per heavy atom. The summed E-state index contributed by atoms with van der Waals surface area (Å²) >= 11 is 0. The fraction of sp³-hybridized carbons (Fsp3) is 0.237. The number of rotatable bonds is 5. The molecule has 4 heteroatoms. The summed E-state index contributed by atoms with van der Waals surface area (Å²) in [4.78, 5) is 10.3. The summed E-state index contributed by atoms with van der Waals surface area (Å²) in [6.45, 7) is 7.13. The molecule has 0 amide bonds. The van der Waals surface area contributed by atoms with Crippen LogP contribution in [0, 0.1) is 5.92 Å². The first-order valence-electron chi connectivity index (χ1n) is 15.3. The molecule has 2 atom stereocenters. The lowest BCUT2D eigenvalue weighted by atomic mass is 9.61. The van der Waals surface area contributed by atoms with Gasteiger partial charge in [-0.25, -0.2) is 4.98 Å². The summed E-state index contributed by atoms with van der Waals surface area (Å²) in [5, 5.41) is 2.30. The second kappa shape index (κ2) is 9.49. The van der Waals surface area contributed by atoms with Gasteiger partial charge in [-0.3, -0.25) is 0 Å². The maximum atomic E-state index is 6.42. The van der Waals surface area contributed by atoms with E-state index in [2.05, 4.69) is 128 Å². The van der Waals surface area contributed by atoms with Crippen LogP contribution in [0.25, 0.3) is 33.1 Å². The number of nitrogens with zero attached hydrogens (tertiary/aromatic N) is 3. The van der Waals surface area contributed by atoms with Crippen LogP contribution < -0.4 is 9.80 Å². The fourth-order valence-electron chi connectivity index (χ4n) is 8.28. The van der Waals surface area contributed by atoms with Gasteiger partial charge < -0.3 is 14.2 Å². The van der Waals surface area contributed by atoms with E-state index in [1.165, 1.54) is 33.8 Å². The summed E-state index contributed by atoms with van der Waals surface area (Å²) in [6, 6.07) is 37.1. The van der Waals surface area contributed by atoms with E-state index < -0.39 is 0 Å². The van der Waals surface area contributed by atoms with Crippen molar-refractivity contribution in [2.24, 2.45) is 5.92 Å². The van der Waals surface area contributed by atoms with Crippen molar-refractivity contribution in [2.45, 2.75) is 51.6 Å². The molecule has 0 aliphatic carbocycles. The molecule has 4 nitrogen and oxygen atoms in total. The number of hydrogen-bond donors (Lipinski definition) is 0. The molecule has 0 fully saturated rings. The van der Waals surface area contributed by atoms with Crippen molar-refractivity contribution >= 4 is 44.8 Å². The van der Waals surface area contributed by atoms with E-state index in [0.717, 1.165) is 47.0 Å². The van der Waals surface area contributed by atoms with Crippen molar-refractivity contribution in [1.82, 2.24) is 4.98 Å². The van der Waals surface area contributed by atoms with E-state index in [-0.39, 0.29) is 11.6 Å². The highest BCUT2D eigenvalue weighted by molar-refractivity contribution is 6.16. The topological polar surface area (TPSA) is 32.5 Å². The Hall–Kier alpha value is -4.57. The second-order valence-corrected chi connectivity index (χ2v) is 11.7. The van der Waals surface area contributed by atoms with Gasteiger partial charge in [0.1, 0.15) is 17.3 Å². The molecule has 2 aliphatic heterocycles. The molecule has 0 saturated carbocycles. The van der Waals surface area contributed by atoms with E-state index in [1.807, 2.05) is 12.3 Å². The molecular weight excluding hydrogens is 514 g/mol. The lowest BCUT2D eigenvalue weighted by molar-refractivity contribution is 0.194. The Bertz CT molecular complexity index is 1940. The molecule has 0 spiro atoms. The number of furan rings is 1. The first kappa shape index (κ1) is 25.2. The zero-order valence-electron chi connectivity index (χ0n) is 24.4. The standard InChI is InChI=1S/C38H35N3O/c1-4-27-37-40(29-19-12-11-18-28(29)38(27,5-2)6-3)31-20-14-24-39-36(31)41(37)30-22-23-33-35(26-17-10-13-21-32(26)42-33)34(30)25-15-8-7-9-16-25/h7-24,27,37H,4-6H2,1-3H3. The van der Waals surface area contributed by atoms with Crippen molar-refractivity contribution < 1.29 is 4.42 Å². The number of benzene rings is 4. The highest BCUT2D eigenvalue weighted by atomic mass is 16.3. The fourth-order valence-corrected chi connectivity index (χ4v) is 8.28. The van der Waals surface area contributed by atoms with Crippen molar-refractivity contribution in [3.8, 4) is 11.1 Å². The predicted octanol–water partition coefficient (Wildman–Crippen LogP) is 10.4. The zero-order chi connectivity index (χ0) is 28.4. The molecule has 2 aromatic heterocycles. The summed E-state index contributed by atoms with van der Waals surface area (Å²) < 4.78 is 6.42. The van der Waals surface area contributed by atoms with Gasteiger partial charge in [-0.05, 0) is 66.8 Å². The van der Waals surface area contributed by atoms with Crippen molar-refractivity contribution in [3.63, 3.8) is 0 Å². The molecule has 0 saturated heterocycles. The van der Waals surface area contributed by atoms with Crippen molar-refractivity contribution in [2.75, 3.05) is 9.80 Å². The van der Waals surface area contributed by atoms with Gasteiger partial charge in [0.2, 0.25) is 0 Å². The number of para-hydroxylation sites is 2. The molecule has 42 heavy (non-hydrogen) atoms. The largest absolute Gasteiger partial charge is 0.456 e. The summed E-state index contributed by atoms with van der Waals surface area (Å²) in [5.74, 6) is 1.40. The van der Waals surface area contributed by atoms with Gasteiger partial charge in [-0.1, -0.05) is 87.5 Å². The lowest BCUT2D eigenvalue weighted by Crippen LogP contribution is -2.56. The lowest BCUT2D eigenvalue weighted by Gasteiger charge is -2.53. The molecule has 0 radical (unpaired) electrons. The molecular formula is C38H35N3O. The van der Waals surface area contributed by atoms with Crippen molar-refractivity contribution in [1.29, 1.82) is 0 Å². The van der Waals surface area contributed by atoms with E-state index in [0.29, 0.717) is 5.92 Å². The minimum atomic E-state index is 0.0617. The van der Waals surface area contributed by atoms with Gasteiger partial charge in [-0.2, -0.15) is 0 Å². The molecule has 4 aromatic carbocycles. The van der Waals surface area contributed by atoms with Crippen LogP contribution in [0.5, 0.6) is 0 Å². The van der Waals surface area contributed by atoms with Crippen LogP contribution in [-0.4, -0.2) is 11.1 Å². The van der Waals surface area contributed by atoms with Gasteiger partial charge in [0.15, 0.2) is 5.82 Å². The number of aromatic nitrogens is 1. The first-order chi connectivity index (χ1) is 20.7. The number of anilines is 4. The molecule has 2 unspecified atom stereocenters. The highest BCUT2D eigenvalue weighted by Crippen LogP contribution is 2.61. The third kappa shape index (κ3) is 3.26.